The van der Waals surface area contributed by atoms with Gasteiger partial charge in [-0.1, -0.05) is 340 Å². The smallest absolute Gasteiger partial charge is 0.306 e. The van der Waals surface area contributed by atoms with Crippen LogP contribution >= 0.6 is 0 Å². The summed E-state index contributed by atoms with van der Waals surface area (Å²) >= 11 is 0. The van der Waals surface area contributed by atoms with Gasteiger partial charge < -0.3 is 14.2 Å². The number of carbonyl (C=O) groups excluding carboxylic acids is 3. The molecule has 6 nitrogen and oxygen atoms in total. The maximum atomic E-state index is 12.9. The first-order valence-electron chi connectivity index (χ1n) is 35.8. The molecule has 0 rings (SSSR count). The van der Waals surface area contributed by atoms with Gasteiger partial charge in [0.15, 0.2) is 6.10 Å². The van der Waals surface area contributed by atoms with E-state index in [0.717, 1.165) is 64.2 Å². The van der Waals surface area contributed by atoms with Crippen LogP contribution in [0.15, 0.2) is 24.3 Å². The Balaban J connectivity index is 4.20. The molecule has 0 aliphatic heterocycles. The highest BCUT2D eigenvalue weighted by molar-refractivity contribution is 5.71. The van der Waals surface area contributed by atoms with Gasteiger partial charge in [-0.15, -0.1) is 0 Å². The molecule has 0 bridgehead atoms. The minimum Gasteiger partial charge on any atom is -0.462 e. The Kier molecular flexibility index (Phi) is 66.6. The number of carbonyl (C=O) groups is 3. The standard InChI is InChI=1S/C73H138O6/c1-4-7-10-13-16-19-22-25-27-29-31-33-34-35-36-37-38-40-41-43-45-48-51-54-57-60-63-66-72(75)78-69-70(68-77-71(74)65-62-59-56-53-50-47-24-21-18-15-12-9-6-3)79-73(76)67-64-61-58-55-52-49-46-44-42-39-32-30-28-26-23-20-17-14-11-8-5-2/h21,24,29,31,70H,4-20,22-23,25-28,30,32-69H2,1-3H3/b24-21-,31-29-. The number of hydrogen-bond donors (Lipinski definition) is 0. The predicted octanol–water partition coefficient (Wildman–Crippen LogP) is 24.6. The van der Waals surface area contributed by atoms with Gasteiger partial charge in [0.2, 0.25) is 0 Å². The van der Waals surface area contributed by atoms with E-state index in [1.807, 2.05) is 0 Å². The number of ether oxygens (including phenoxy) is 3. The van der Waals surface area contributed by atoms with E-state index < -0.39 is 6.10 Å². The third-order valence-corrected chi connectivity index (χ3v) is 16.4. The van der Waals surface area contributed by atoms with Gasteiger partial charge in [0.25, 0.3) is 0 Å². The molecule has 1 atom stereocenters. The van der Waals surface area contributed by atoms with Crippen LogP contribution in [0.3, 0.4) is 0 Å². The van der Waals surface area contributed by atoms with Crippen molar-refractivity contribution < 1.29 is 28.6 Å². The fraction of sp³-hybridized carbons (Fsp3) is 0.904. The molecular formula is C73H138O6. The van der Waals surface area contributed by atoms with Crippen molar-refractivity contribution in [3.63, 3.8) is 0 Å². The van der Waals surface area contributed by atoms with Crippen LogP contribution < -0.4 is 0 Å². The third kappa shape index (κ3) is 66.6. The molecule has 0 aromatic rings. The van der Waals surface area contributed by atoms with Crippen molar-refractivity contribution in [1.82, 2.24) is 0 Å². The van der Waals surface area contributed by atoms with Crippen molar-refractivity contribution >= 4 is 17.9 Å². The number of rotatable bonds is 67. The van der Waals surface area contributed by atoms with E-state index in [9.17, 15) is 14.4 Å². The Labute approximate surface area is 493 Å². The highest BCUT2D eigenvalue weighted by Crippen LogP contribution is 2.19. The average molecular weight is 1110 g/mol. The fourth-order valence-corrected chi connectivity index (χ4v) is 11.0. The quantitative estimate of drug-likeness (QED) is 0.0261. The second-order valence-corrected chi connectivity index (χ2v) is 24.5. The van der Waals surface area contributed by atoms with E-state index in [4.69, 9.17) is 14.2 Å². The van der Waals surface area contributed by atoms with Crippen LogP contribution in [0, 0.1) is 0 Å². The Bertz CT molecular complexity index is 1270. The summed E-state index contributed by atoms with van der Waals surface area (Å²) in [4.78, 5) is 38.4. The molecule has 0 amide bonds. The summed E-state index contributed by atoms with van der Waals surface area (Å²) in [6.07, 6.45) is 83.6. The van der Waals surface area contributed by atoms with Crippen molar-refractivity contribution in [3.8, 4) is 0 Å². The van der Waals surface area contributed by atoms with Crippen LogP contribution in [-0.4, -0.2) is 37.2 Å². The fourth-order valence-electron chi connectivity index (χ4n) is 11.0. The van der Waals surface area contributed by atoms with Gasteiger partial charge in [0.05, 0.1) is 0 Å². The number of unbranched alkanes of at least 4 members (excludes halogenated alkanes) is 52. The number of esters is 3. The first kappa shape index (κ1) is 76.9. The first-order chi connectivity index (χ1) is 39.0. The monoisotopic (exact) mass is 1110 g/mol. The van der Waals surface area contributed by atoms with Gasteiger partial charge in [-0.25, -0.2) is 0 Å². The van der Waals surface area contributed by atoms with Crippen molar-refractivity contribution in [2.24, 2.45) is 0 Å². The molecule has 1 unspecified atom stereocenters. The Hall–Kier alpha value is -2.11. The molecule has 0 aliphatic carbocycles. The van der Waals surface area contributed by atoms with E-state index >= 15 is 0 Å². The van der Waals surface area contributed by atoms with E-state index in [0.29, 0.717) is 19.3 Å². The largest absolute Gasteiger partial charge is 0.462 e. The van der Waals surface area contributed by atoms with Crippen LogP contribution in [-0.2, 0) is 28.6 Å². The van der Waals surface area contributed by atoms with E-state index in [1.165, 1.54) is 302 Å². The van der Waals surface area contributed by atoms with Gasteiger partial charge in [-0.05, 0) is 70.6 Å². The number of hydrogen-bond acceptors (Lipinski definition) is 6. The summed E-state index contributed by atoms with van der Waals surface area (Å²) < 4.78 is 17.0. The Morgan fingerprint density at radius 2 is 0.418 bits per heavy atom. The Morgan fingerprint density at radius 3 is 0.646 bits per heavy atom. The molecule has 6 heteroatoms. The highest BCUT2D eigenvalue weighted by atomic mass is 16.6. The van der Waals surface area contributed by atoms with Gasteiger partial charge in [-0.3, -0.25) is 14.4 Å². The highest BCUT2D eigenvalue weighted by Gasteiger charge is 2.19. The molecule has 0 aliphatic rings. The average Bonchev–Trinajstić information content (AvgIpc) is 3.45. The molecule has 0 saturated carbocycles. The van der Waals surface area contributed by atoms with Crippen molar-refractivity contribution in [2.75, 3.05) is 13.2 Å². The molecule has 0 N–H and O–H groups in total. The summed E-state index contributed by atoms with van der Waals surface area (Å²) in [6, 6.07) is 0. The summed E-state index contributed by atoms with van der Waals surface area (Å²) in [5, 5.41) is 0. The van der Waals surface area contributed by atoms with Crippen LogP contribution in [0.25, 0.3) is 0 Å². The lowest BCUT2D eigenvalue weighted by molar-refractivity contribution is -0.167. The molecule has 0 heterocycles. The van der Waals surface area contributed by atoms with Crippen LogP contribution in [0.2, 0.25) is 0 Å². The minimum atomic E-state index is -0.772. The summed E-state index contributed by atoms with van der Waals surface area (Å²) in [6.45, 7) is 6.70. The van der Waals surface area contributed by atoms with Crippen molar-refractivity contribution in [1.29, 1.82) is 0 Å². The molecule has 0 aromatic heterocycles. The lowest BCUT2D eigenvalue weighted by Crippen LogP contribution is -2.30. The van der Waals surface area contributed by atoms with Gasteiger partial charge in [0, 0.05) is 19.3 Å². The van der Waals surface area contributed by atoms with Crippen LogP contribution in [0.5, 0.6) is 0 Å². The zero-order valence-corrected chi connectivity index (χ0v) is 53.7. The minimum absolute atomic E-state index is 0.0678. The molecule has 0 radical (unpaired) electrons. The molecule has 0 spiro atoms. The van der Waals surface area contributed by atoms with Gasteiger partial charge in [-0.2, -0.15) is 0 Å². The zero-order valence-electron chi connectivity index (χ0n) is 53.7. The molecule has 0 saturated heterocycles. The lowest BCUT2D eigenvalue weighted by Gasteiger charge is -2.18. The summed E-state index contributed by atoms with van der Waals surface area (Å²) in [7, 11) is 0. The summed E-state index contributed by atoms with van der Waals surface area (Å²) in [5.41, 5.74) is 0. The van der Waals surface area contributed by atoms with E-state index in [-0.39, 0.29) is 31.1 Å². The predicted molar refractivity (Wildman–Crippen MR) is 344 cm³/mol. The topological polar surface area (TPSA) is 78.9 Å². The SMILES string of the molecule is CCCCCC/C=C\CCCCCCCC(=O)OCC(COC(=O)CCCCCCCCCCCCCCCCC/C=C\CCCCCCCCCC)OC(=O)CCCCCCCCCCCCCCCCCCCCCCC. The maximum Gasteiger partial charge on any atom is 0.306 e. The van der Waals surface area contributed by atoms with Crippen molar-refractivity contribution in [2.45, 2.75) is 412 Å². The van der Waals surface area contributed by atoms with Gasteiger partial charge in [0.1, 0.15) is 13.2 Å². The zero-order chi connectivity index (χ0) is 57.1. The normalized spacial score (nSPS) is 12.1. The third-order valence-electron chi connectivity index (χ3n) is 16.4. The second kappa shape index (κ2) is 68.4. The molecule has 0 aromatic carbocycles. The van der Waals surface area contributed by atoms with Crippen LogP contribution in [0.1, 0.15) is 406 Å². The molecule has 0 fully saturated rings. The Morgan fingerprint density at radius 1 is 0.241 bits per heavy atom. The molecular weight excluding hydrogens is 973 g/mol. The maximum absolute atomic E-state index is 12.9. The van der Waals surface area contributed by atoms with E-state index in [1.54, 1.807) is 0 Å². The molecule has 466 valence electrons. The van der Waals surface area contributed by atoms with Crippen LogP contribution in [0.4, 0.5) is 0 Å². The first-order valence-corrected chi connectivity index (χ1v) is 35.8. The lowest BCUT2D eigenvalue weighted by atomic mass is 10.0. The number of allylic oxidation sites excluding steroid dienone is 4. The molecule has 79 heavy (non-hydrogen) atoms. The van der Waals surface area contributed by atoms with Crippen molar-refractivity contribution in [3.05, 3.63) is 24.3 Å². The van der Waals surface area contributed by atoms with E-state index in [2.05, 4.69) is 45.1 Å². The van der Waals surface area contributed by atoms with Gasteiger partial charge >= 0.3 is 17.9 Å². The second-order valence-electron chi connectivity index (χ2n) is 24.5. The summed E-state index contributed by atoms with van der Waals surface area (Å²) in [5.74, 6) is -0.845.